The lowest BCUT2D eigenvalue weighted by Gasteiger charge is -2.10. The molecule has 0 spiro atoms. The Morgan fingerprint density at radius 1 is 0.560 bits per heavy atom. The van der Waals surface area contributed by atoms with Gasteiger partial charge >= 0.3 is 0 Å². The smallest absolute Gasteiger partial charge is 0.164 e. The van der Waals surface area contributed by atoms with Crippen molar-refractivity contribution in [1.29, 1.82) is 0 Å². The summed E-state index contributed by atoms with van der Waals surface area (Å²) in [5.74, 6) is 0.685. The van der Waals surface area contributed by atoms with E-state index in [2.05, 4.69) is 9.97 Å². The van der Waals surface area contributed by atoms with Gasteiger partial charge in [-0.3, -0.25) is 0 Å². The number of hydrogen-bond donors (Lipinski definition) is 1. The molecule has 3 aromatic carbocycles. The molecule has 120 valence electrons. The SMILES string of the molecule is Oc1ccccc1-c1nc(-c2ccccc2)cc(-c2ccccc2)n1. The van der Waals surface area contributed by atoms with E-state index in [-0.39, 0.29) is 5.75 Å². The quantitative estimate of drug-likeness (QED) is 0.564. The third-order valence-corrected chi connectivity index (χ3v) is 4.01. The molecule has 25 heavy (non-hydrogen) atoms. The predicted molar refractivity (Wildman–Crippen MR) is 100 cm³/mol. The van der Waals surface area contributed by atoms with Crippen molar-refractivity contribution in [3.05, 3.63) is 91.0 Å². The number of hydrogen-bond acceptors (Lipinski definition) is 3. The van der Waals surface area contributed by atoms with Crippen LogP contribution in [0.1, 0.15) is 0 Å². The molecule has 1 N–H and O–H groups in total. The third kappa shape index (κ3) is 3.12. The molecule has 0 saturated heterocycles. The summed E-state index contributed by atoms with van der Waals surface area (Å²) in [7, 11) is 0. The highest BCUT2D eigenvalue weighted by Crippen LogP contribution is 2.30. The fourth-order valence-electron chi connectivity index (χ4n) is 2.74. The molecule has 0 aliphatic carbocycles. The van der Waals surface area contributed by atoms with Gasteiger partial charge in [-0.15, -0.1) is 0 Å². The standard InChI is InChI=1S/C22H16N2O/c25-21-14-8-7-13-18(21)22-23-19(16-9-3-1-4-10-16)15-20(24-22)17-11-5-2-6-12-17/h1-15,25H. The topological polar surface area (TPSA) is 46.0 Å². The second-order valence-corrected chi connectivity index (χ2v) is 5.71. The van der Waals surface area contributed by atoms with Crippen LogP contribution in [0.15, 0.2) is 91.0 Å². The minimum atomic E-state index is 0.173. The molecule has 1 aromatic heterocycles. The van der Waals surface area contributed by atoms with Gasteiger partial charge in [0.05, 0.1) is 17.0 Å². The lowest BCUT2D eigenvalue weighted by molar-refractivity contribution is 0.477. The maximum Gasteiger partial charge on any atom is 0.164 e. The first-order chi connectivity index (χ1) is 12.3. The van der Waals surface area contributed by atoms with Gasteiger partial charge in [0, 0.05) is 11.1 Å². The first-order valence-corrected chi connectivity index (χ1v) is 8.09. The van der Waals surface area contributed by atoms with E-state index in [4.69, 9.17) is 0 Å². The summed E-state index contributed by atoms with van der Waals surface area (Å²) in [6, 6.07) is 29.1. The van der Waals surface area contributed by atoms with Gasteiger partial charge in [0.25, 0.3) is 0 Å². The Bertz CT molecular complexity index is 941. The van der Waals surface area contributed by atoms with E-state index < -0.39 is 0 Å². The van der Waals surface area contributed by atoms with E-state index in [1.54, 1.807) is 12.1 Å². The number of phenolic OH excluding ortho intramolecular Hbond substituents is 1. The molecule has 0 aliphatic heterocycles. The Morgan fingerprint density at radius 2 is 1.04 bits per heavy atom. The molecule has 4 rings (SSSR count). The maximum atomic E-state index is 10.2. The van der Waals surface area contributed by atoms with E-state index in [0.29, 0.717) is 11.4 Å². The minimum Gasteiger partial charge on any atom is -0.507 e. The number of aromatic nitrogens is 2. The lowest BCUT2D eigenvalue weighted by Crippen LogP contribution is -1.96. The zero-order valence-electron chi connectivity index (χ0n) is 13.5. The van der Waals surface area contributed by atoms with Crippen molar-refractivity contribution in [2.75, 3.05) is 0 Å². The zero-order valence-corrected chi connectivity index (χ0v) is 13.5. The van der Waals surface area contributed by atoms with Gasteiger partial charge < -0.3 is 5.11 Å². The van der Waals surface area contributed by atoms with E-state index >= 15 is 0 Å². The van der Waals surface area contributed by atoms with Gasteiger partial charge in [-0.1, -0.05) is 72.8 Å². The maximum absolute atomic E-state index is 10.2. The van der Waals surface area contributed by atoms with Crippen LogP contribution in [-0.4, -0.2) is 15.1 Å². The summed E-state index contributed by atoms with van der Waals surface area (Å²) < 4.78 is 0. The summed E-state index contributed by atoms with van der Waals surface area (Å²) >= 11 is 0. The van der Waals surface area contributed by atoms with Crippen LogP contribution in [0.25, 0.3) is 33.9 Å². The molecule has 0 saturated carbocycles. The molecule has 1 heterocycles. The molecule has 0 aliphatic rings. The van der Waals surface area contributed by atoms with Gasteiger partial charge in [0.15, 0.2) is 5.82 Å². The largest absolute Gasteiger partial charge is 0.507 e. The van der Waals surface area contributed by atoms with Crippen molar-refractivity contribution in [3.8, 4) is 39.7 Å². The first-order valence-electron chi connectivity index (χ1n) is 8.09. The molecule has 0 radical (unpaired) electrons. The molecule has 0 unspecified atom stereocenters. The Labute approximate surface area is 146 Å². The minimum absolute atomic E-state index is 0.173. The van der Waals surface area contributed by atoms with Crippen molar-refractivity contribution in [1.82, 2.24) is 9.97 Å². The zero-order chi connectivity index (χ0) is 17.1. The van der Waals surface area contributed by atoms with Gasteiger partial charge in [-0.2, -0.15) is 0 Å². The van der Waals surface area contributed by atoms with Crippen molar-refractivity contribution in [3.63, 3.8) is 0 Å². The van der Waals surface area contributed by atoms with Crippen LogP contribution in [0, 0.1) is 0 Å². The summed E-state index contributed by atoms with van der Waals surface area (Å²) in [6.07, 6.45) is 0. The van der Waals surface area contributed by atoms with E-state index in [9.17, 15) is 5.11 Å². The summed E-state index contributed by atoms with van der Waals surface area (Å²) in [5, 5.41) is 10.2. The lowest BCUT2D eigenvalue weighted by atomic mass is 10.1. The van der Waals surface area contributed by atoms with Crippen molar-refractivity contribution in [2.45, 2.75) is 0 Å². The van der Waals surface area contributed by atoms with E-state index in [0.717, 1.165) is 22.5 Å². The van der Waals surface area contributed by atoms with Crippen LogP contribution in [0.3, 0.4) is 0 Å². The molecule has 3 nitrogen and oxygen atoms in total. The average Bonchev–Trinajstić information content (AvgIpc) is 2.69. The highest BCUT2D eigenvalue weighted by atomic mass is 16.3. The molecule has 0 atom stereocenters. The fourth-order valence-corrected chi connectivity index (χ4v) is 2.74. The monoisotopic (exact) mass is 324 g/mol. The van der Waals surface area contributed by atoms with Gasteiger partial charge in [0.1, 0.15) is 5.75 Å². The Morgan fingerprint density at radius 3 is 1.56 bits per heavy atom. The van der Waals surface area contributed by atoms with Crippen LogP contribution in [0.2, 0.25) is 0 Å². The number of benzene rings is 3. The summed E-state index contributed by atoms with van der Waals surface area (Å²) in [6.45, 7) is 0. The number of aromatic hydroxyl groups is 1. The second kappa shape index (κ2) is 6.57. The van der Waals surface area contributed by atoms with Gasteiger partial charge in [-0.05, 0) is 18.2 Å². The average molecular weight is 324 g/mol. The molecule has 0 fully saturated rings. The number of phenols is 1. The van der Waals surface area contributed by atoms with Gasteiger partial charge in [0.2, 0.25) is 0 Å². The Kier molecular flexibility index (Phi) is 3.97. The van der Waals surface area contributed by atoms with Crippen LogP contribution >= 0.6 is 0 Å². The van der Waals surface area contributed by atoms with Crippen LogP contribution in [0.5, 0.6) is 5.75 Å². The van der Waals surface area contributed by atoms with E-state index in [1.165, 1.54) is 0 Å². The van der Waals surface area contributed by atoms with Crippen LogP contribution in [0.4, 0.5) is 0 Å². The van der Waals surface area contributed by atoms with Crippen molar-refractivity contribution in [2.24, 2.45) is 0 Å². The third-order valence-electron chi connectivity index (χ3n) is 4.01. The highest BCUT2D eigenvalue weighted by Gasteiger charge is 2.12. The van der Waals surface area contributed by atoms with Crippen molar-refractivity contribution >= 4 is 0 Å². The first kappa shape index (κ1) is 15.1. The van der Waals surface area contributed by atoms with Crippen LogP contribution < -0.4 is 0 Å². The fraction of sp³-hybridized carbons (Fsp3) is 0. The molecule has 4 aromatic rings. The summed E-state index contributed by atoms with van der Waals surface area (Å²) in [5.41, 5.74) is 4.30. The number of para-hydroxylation sites is 1. The second-order valence-electron chi connectivity index (χ2n) is 5.71. The Balaban J connectivity index is 1.94. The number of nitrogens with zero attached hydrogens (tertiary/aromatic N) is 2. The molecular weight excluding hydrogens is 308 g/mol. The molecule has 0 bridgehead atoms. The Hall–Kier alpha value is -3.46. The van der Waals surface area contributed by atoms with Gasteiger partial charge in [-0.25, -0.2) is 9.97 Å². The molecule has 3 heteroatoms. The molecular formula is C22H16N2O. The van der Waals surface area contributed by atoms with Crippen molar-refractivity contribution < 1.29 is 5.11 Å². The van der Waals surface area contributed by atoms with E-state index in [1.807, 2.05) is 78.9 Å². The normalized spacial score (nSPS) is 10.6. The van der Waals surface area contributed by atoms with Crippen LogP contribution in [-0.2, 0) is 0 Å². The highest BCUT2D eigenvalue weighted by molar-refractivity contribution is 5.73. The number of rotatable bonds is 3. The summed E-state index contributed by atoms with van der Waals surface area (Å²) in [4.78, 5) is 9.38. The molecule has 0 amide bonds. The predicted octanol–water partition coefficient (Wildman–Crippen LogP) is 5.18.